The van der Waals surface area contributed by atoms with Gasteiger partial charge in [-0.1, -0.05) is 39.8 Å². The van der Waals surface area contributed by atoms with Gasteiger partial charge in [-0.25, -0.2) is 0 Å². The molecule has 0 saturated heterocycles. The van der Waals surface area contributed by atoms with Gasteiger partial charge in [0.1, 0.15) is 0 Å². The van der Waals surface area contributed by atoms with E-state index in [1.54, 1.807) is 0 Å². The van der Waals surface area contributed by atoms with E-state index >= 15 is 0 Å². The molecule has 0 heterocycles. The van der Waals surface area contributed by atoms with Crippen molar-refractivity contribution in [2.45, 2.75) is 71.2 Å². The number of fused-ring (bicyclic) bond motifs is 1. The highest BCUT2D eigenvalue weighted by atomic mass is 28.4. The van der Waals surface area contributed by atoms with E-state index in [0.717, 1.165) is 11.8 Å². The van der Waals surface area contributed by atoms with Crippen LogP contribution in [0.5, 0.6) is 0 Å². The molecule has 0 spiro atoms. The molecule has 1 nitrogen and oxygen atoms in total. The molecule has 18 heavy (non-hydrogen) atoms. The molecule has 0 amide bonds. The molecule has 0 unspecified atom stereocenters. The third kappa shape index (κ3) is 2.75. The van der Waals surface area contributed by atoms with E-state index < -0.39 is 8.32 Å². The molecule has 0 N–H and O–H groups in total. The van der Waals surface area contributed by atoms with Gasteiger partial charge in [-0.2, -0.15) is 0 Å². The van der Waals surface area contributed by atoms with E-state index in [1.807, 2.05) is 0 Å². The van der Waals surface area contributed by atoms with Crippen LogP contribution in [0.4, 0.5) is 0 Å². The van der Waals surface area contributed by atoms with Gasteiger partial charge in [0.15, 0.2) is 8.32 Å². The Labute approximate surface area is 114 Å². The second-order valence-electron chi connectivity index (χ2n) is 7.93. The molecular formula is C16H30OSi. The first-order valence-corrected chi connectivity index (χ1v) is 10.5. The maximum Gasteiger partial charge on any atom is 0.192 e. The number of hydrogen-bond acceptors (Lipinski definition) is 1. The zero-order valence-electron chi connectivity index (χ0n) is 13.0. The van der Waals surface area contributed by atoms with Gasteiger partial charge in [0, 0.05) is 5.92 Å². The van der Waals surface area contributed by atoms with Gasteiger partial charge in [0.05, 0.1) is 6.10 Å². The quantitative estimate of drug-likeness (QED) is 0.505. The first-order valence-electron chi connectivity index (χ1n) is 7.57. The van der Waals surface area contributed by atoms with Crippen molar-refractivity contribution >= 4 is 8.32 Å². The van der Waals surface area contributed by atoms with E-state index in [-0.39, 0.29) is 0 Å². The Balaban J connectivity index is 2.06. The highest BCUT2D eigenvalue weighted by Gasteiger charge is 2.44. The molecule has 1 fully saturated rings. The third-order valence-corrected chi connectivity index (χ3v) is 9.89. The van der Waals surface area contributed by atoms with Crippen molar-refractivity contribution < 1.29 is 4.43 Å². The number of hydrogen-bond donors (Lipinski definition) is 0. The highest BCUT2D eigenvalue weighted by Crippen LogP contribution is 2.46. The van der Waals surface area contributed by atoms with Crippen molar-refractivity contribution in [1.29, 1.82) is 0 Å². The molecule has 2 heteroatoms. The Kier molecular flexibility index (Phi) is 3.81. The largest absolute Gasteiger partial charge is 0.413 e. The van der Waals surface area contributed by atoms with Crippen molar-refractivity contribution in [3.8, 4) is 0 Å². The summed E-state index contributed by atoms with van der Waals surface area (Å²) in [5.41, 5.74) is 0. The van der Waals surface area contributed by atoms with Crippen LogP contribution in [-0.2, 0) is 4.43 Å². The van der Waals surface area contributed by atoms with Gasteiger partial charge in [0.25, 0.3) is 0 Å². The molecule has 0 aromatic rings. The molecule has 2 rings (SSSR count). The summed E-state index contributed by atoms with van der Waals surface area (Å²) in [5, 5.41) is 0.330. The molecule has 0 aliphatic heterocycles. The second kappa shape index (κ2) is 4.79. The molecule has 2 aliphatic rings. The Morgan fingerprint density at radius 3 is 2.39 bits per heavy atom. The van der Waals surface area contributed by atoms with Crippen LogP contribution in [0.25, 0.3) is 0 Å². The highest BCUT2D eigenvalue weighted by molar-refractivity contribution is 6.74. The topological polar surface area (TPSA) is 9.23 Å². The molecular weight excluding hydrogens is 236 g/mol. The van der Waals surface area contributed by atoms with E-state index in [9.17, 15) is 0 Å². The van der Waals surface area contributed by atoms with Gasteiger partial charge in [-0.15, -0.1) is 0 Å². The smallest absolute Gasteiger partial charge is 0.192 e. The second-order valence-corrected chi connectivity index (χ2v) is 12.7. The summed E-state index contributed by atoms with van der Waals surface area (Å²) >= 11 is 0. The van der Waals surface area contributed by atoms with E-state index in [0.29, 0.717) is 17.1 Å². The first kappa shape index (κ1) is 14.3. The van der Waals surface area contributed by atoms with Crippen molar-refractivity contribution in [2.75, 3.05) is 0 Å². The Bertz CT molecular complexity index is 326. The maximum atomic E-state index is 6.66. The van der Waals surface area contributed by atoms with Crippen LogP contribution in [0.1, 0.15) is 47.0 Å². The molecule has 104 valence electrons. The van der Waals surface area contributed by atoms with E-state index in [1.165, 1.54) is 19.3 Å². The fourth-order valence-corrected chi connectivity index (χ4v) is 4.58. The molecule has 0 radical (unpaired) electrons. The summed E-state index contributed by atoms with van der Waals surface area (Å²) in [7, 11) is -1.60. The van der Waals surface area contributed by atoms with E-state index in [2.05, 4.69) is 52.9 Å². The number of allylic oxidation sites excluding steroid dienone is 1. The molecule has 0 bridgehead atoms. The lowest BCUT2D eigenvalue weighted by Gasteiger charge is -2.40. The average molecular weight is 267 g/mol. The third-order valence-electron chi connectivity index (χ3n) is 5.38. The fourth-order valence-electron chi connectivity index (χ4n) is 3.19. The van der Waals surface area contributed by atoms with Crippen molar-refractivity contribution in [3.63, 3.8) is 0 Å². The summed E-state index contributed by atoms with van der Waals surface area (Å²) in [6.07, 6.45) is 9.40. The predicted molar refractivity (Wildman–Crippen MR) is 81.2 cm³/mol. The van der Waals surface area contributed by atoms with Crippen molar-refractivity contribution in [3.05, 3.63) is 12.2 Å². The summed E-state index contributed by atoms with van der Waals surface area (Å²) in [6, 6.07) is 0. The monoisotopic (exact) mass is 266 g/mol. The van der Waals surface area contributed by atoms with Gasteiger partial charge in [0.2, 0.25) is 0 Å². The summed E-state index contributed by atoms with van der Waals surface area (Å²) in [5.74, 6) is 2.37. The van der Waals surface area contributed by atoms with Crippen LogP contribution in [0, 0.1) is 17.8 Å². The normalized spacial score (nSPS) is 36.8. The lowest BCUT2D eigenvalue weighted by molar-refractivity contribution is 0.142. The van der Waals surface area contributed by atoms with Gasteiger partial charge in [-0.3, -0.25) is 0 Å². The van der Waals surface area contributed by atoms with Crippen molar-refractivity contribution in [2.24, 2.45) is 17.8 Å². The van der Waals surface area contributed by atoms with E-state index in [4.69, 9.17) is 4.43 Å². The SMILES string of the molecule is C[C@@H]1C=C[C@H]2[C@H](CC[C@@H]2O[Si](C)(C)C(C)(C)C)C1. The summed E-state index contributed by atoms with van der Waals surface area (Å²) in [6.45, 7) is 14.1. The van der Waals surface area contributed by atoms with Crippen LogP contribution in [0.2, 0.25) is 18.1 Å². The molecule has 4 atom stereocenters. The first-order chi connectivity index (χ1) is 8.21. The minimum Gasteiger partial charge on any atom is -0.413 e. The van der Waals surface area contributed by atoms with Crippen LogP contribution < -0.4 is 0 Å². The van der Waals surface area contributed by atoms with Gasteiger partial charge < -0.3 is 4.43 Å². The molecule has 1 saturated carbocycles. The summed E-state index contributed by atoms with van der Waals surface area (Å²) < 4.78 is 6.66. The lowest BCUT2D eigenvalue weighted by atomic mass is 9.81. The minimum atomic E-state index is -1.60. The van der Waals surface area contributed by atoms with Crippen LogP contribution in [0.3, 0.4) is 0 Å². The maximum absolute atomic E-state index is 6.66. The average Bonchev–Trinajstić information content (AvgIpc) is 2.58. The Morgan fingerprint density at radius 2 is 1.78 bits per heavy atom. The van der Waals surface area contributed by atoms with Crippen molar-refractivity contribution in [1.82, 2.24) is 0 Å². The predicted octanol–water partition coefficient (Wildman–Crippen LogP) is 5.00. The Hall–Kier alpha value is -0.0831. The minimum absolute atomic E-state index is 0.330. The van der Waals surface area contributed by atoms with Crippen LogP contribution in [0.15, 0.2) is 12.2 Å². The summed E-state index contributed by atoms with van der Waals surface area (Å²) in [4.78, 5) is 0. The molecule has 2 aliphatic carbocycles. The fraction of sp³-hybridized carbons (Fsp3) is 0.875. The number of rotatable bonds is 2. The van der Waals surface area contributed by atoms with Crippen LogP contribution in [-0.4, -0.2) is 14.4 Å². The Morgan fingerprint density at radius 1 is 1.11 bits per heavy atom. The van der Waals surface area contributed by atoms with Gasteiger partial charge >= 0.3 is 0 Å². The van der Waals surface area contributed by atoms with Crippen LogP contribution >= 0.6 is 0 Å². The zero-order valence-corrected chi connectivity index (χ0v) is 14.0. The lowest BCUT2D eigenvalue weighted by Crippen LogP contribution is -2.45. The van der Waals surface area contributed by atoms with Gasteiger partial charge in [-0.05, 0) is 49.2 Å². The standard InChI is InChI=1S/C16H30OSi/c1-12-7-9-14-13(11-12)8-10-15(14)17-18(5,6)16(2,3)4/h7,9,12-15H,8,10-11H2,1-6H3/t12-,13-,14+,15+/m1/s1. The zero-order chi connectivity index (χ0) is 13.6. The molecule has 0 aromatic carbocycles. The molecule has 0 aromatic heterocycles.